The average Bonchev–Trinajstić information content (AvgIpc) is 2.36. The molecule has 1 aliphatic carbocycles. The van der Waals surface area contributed by atoms with E-state index in [4.69, 9.17) is 21.1 Å². The van der Waals surface area contributed by atoms with Crippen LogP contribution in [0.25, 0.3) is 0 Å². The van der Waals surface area contributed by atoms with Crippen LogP contribution in [-0.4, -0.2) is 46.9 Å². The van der Waals surface area contributed by atoms with Crippen molar-refractivity contribution in [1.29, 1.82) is 0 Å². The quantitative estimate of drug-likeness (QED) is 0.710. The molecule has 1 fully saturated rings. The molecule has 1 rings (SSSR count). The summed E-state index contributed by atoms with van der Waals surface area (Å²) in [4.78, 5) is 23.5. The summed E-state index contributed by atoms with van der Waals surface area (Å²) in [6.07, 6.45) is 5.48. The highest BCUT2D eigenvalue weighted by Gasteiger charge is 2.24. The van der Waals surface area contributed by atoms with Crippen molar-refractivity contribution in [2.45, 2.75) is 63.7 Å². The van der Waals surface area contributed by atoms with E-state index in [0.29, 0.717) is 11.8 Å². The van der Waals surface area contributed by atoms with Crippen LogP contribution in [0.15, 0.2) is 0 Å². The Morgan fingerprint density at radius 3 is 2.50 bits per heavy atom. The monoisotopic (exact) mass is 369 g/mol. The number of likely N-dealkylation sites (N-methyl/N-ethyl adjacent to an activating group) is 1. The number of carbonyl (C=O) groups excluding carboxylic acids is 1. The fourth-order valence-corrected chi connectivity index (χ4v) is 6.90. The fraction of sp³-hybridized carbons (Fsp3) is 0.929. The van der Waals surface area contributed by atoms with Gasteiger partial charge in [0.25, 0.3) is 0 Å². The number of nitrogens with zero attached hydrogens (tertiary/aromatic N) is 1. The van der Waals surface area contributed by atoms with E-state index in [2.05, 4.69) is 0 Å². The first-order valence-corrected chi connectivity index (χ1v) is 11.8. The number of amides is 1. The lowest BCUT2D eigenvalue weighted by Crippen LogP contribution is -2.35. The molecule has 130 valence electrons. The molecule has 0 heterocycles. The summed E-state index contributed by atoms with van der Waals surface area (Å²) in [6, 6.07) is 0. The number of hydrogen-bond donors (Lipinski definition) is 1. The maximum atomic E-state index is 11.8. The lowest BCUT2D eigenvalue weighted by Gasteiger charge is -2.27. The number of rotatable bonds is 6. The second kappa shape index (κ2) is 8.88. The fourth-order valence-electron chi connectivity index (χ4n) is 2.11. The Bertz CT molecular complexity index is 408. The minimum atomic E-state index is -2.82. The van der Waals surface area contributed by atoms with Gasteiger partial charge in [-0.05, 0) is 45.4 Å². The second-order valence-corrected chi connectivity index (χ2v) is 12.9. The largest absolute Gasteiger partial charge is 0.444 e. The van der Waals surface area contributed by atoms with Gasteiger partial charge in [-0.3, -0.25) is 0 Å². The minimum absolute atomic E-state index is 0.225. The maximum absolute atomic E-state index is 11.8. The number of ether oxygens (including phenoxy) is 1. The molecular weight excluding hydrogens is 341 g/mol. The molecule has 1 unspecified atom stereocenters. The Balaban J connectivity index is 2.29. The summed E-state index contributed by atoms with van der Waals surface area (Å²) in [7, 11) is 1.65. The maximum Gasteiger partial charge on any atom is 0.410 e. The minimum Gasteiger partial charge on any atom is -0.444 e. The topological polar surface area (TPSA) is 59.0 Å². The molecule has 5 nitrogen and oxygen atoms in total. The van der Waals surface area contributed by atoms with E-state index in [0.717, 1.165) is 12.8 Å². The molecule has 1 N–H and O–H groups in total. The summed E-state index contributed by atoms with van der Waals surface area (Å²) < 4.78 is 10.7. The van der Waals surface area contributed by atoms with Gasteiger partial charge in [0.1, 0.15) is 5.60 Å². The van der Waals surface area contributed by atoms with Gasteiger partial charge in [-0.1, -0.05) is 30.6 Å². The van der Waals surface area contributed by atoms with E-state index in [-0.39, 0.29) is 6.61 Å². The molecule has 1 atom stereocenters. The predicted molar refractivity (Wildman–Crippen MR) is 95.8 cm³/mol. The zero-order valence-corrected chi connectivity index (χ0v) is 16.4. The first-order chi connectivity index (χ1) is 10.1. The van der Waals surface area contributed by atoms with Gasteiger partial charge in [0.05, 0.1) is 6.61 Å². The van der Waals surface area contributed by atoms with E-state index in [1.165, 1.54) is 35.5 Å². The van der Waals surface area contributed by atoms with Crippen molar-refractivity contribution in [2.24, 2.45) is 0 Å². The predicted octanol–water partition coefficient (Wildman–Crippen LogP) is 4.15. The molecule has 0 aromatic carbocycles. The van der Waals surface area contributed by atoms with Gasteiger partial charge in [0.15, 0.2) is 0 Å². The molecule has 0 aliphatic heterocycles. The highest BCUT2D eigenvalue weighted by Crippen LogP contribution is 2.59. The number of carbonyl (C=O) groups is 1. The second-order valence-electron chi connectivity index (χ2n) is 6.57. The molecular formula is C14H28NO4PS2. The molecule has 1 saturated carbocycles. The van der Waals surface area contributed by atoms with Crippen molar-refractivity contribution in [3.63, 3.8) is 0 Å². The first kappa shape index (κ1) is 20.2. The van der Waals surface area contributed by atoms with Crippen molar-refractivity contribution in [1.82, 2.24) is 4.90 Å². The molecule has 0 radical (unpaired) electrons. The van der Waals surface area contributed by atoms with Crippen LogP contribution >= 0.6 is 17.1 Å². The zero-order chi connectivity index (χ0) is 16.8. The van der Waals surface area contributed by atoms with Crippen molar-refractivity contribution in [3.05, 3.63) is 0 Å². The SMILES string of the molecule is CN(CCOP(O)(=S)SC1CCCCC1)C(=O)OC(C)(C)C. The molecule has 8 heteroatoms. The number of hydrogen-bond acceptors (Lipinski definition) is 5. The Morgan fingerprint density at radius 2 is 1.95 bits per heavy atom. The van der Waals surface area contributed by atoms with E-state index in [1.807, 2.05) is 20.8 Å². The normalized spacial score (nSPS) is 19.5. The Morgan fingerprint density at radius 1 is 1.36 bits per heavy atom. The Labute approximate surface area is 143 Å². The molecule has 0 spiro atoms. The summed E-state index contributed by atoms with van der Waals surface area (Å²) in [5, 5.41) is 0.410. The van der Waals surface area contributed by atoms with Crippen LogP contribution in [0, 0.1) is 0 Å². The lowest BCUT2D eigenvalue weighted by molar-refractivity contribution is 0.0279. The Kier molecular flexibility index (Phi) is 8.17. The lowest BCUT2D eigenvalue weighted by atomic mass is 10.0. The first-order valence-electron chi connectivity index (χ1n) is 7.69. The van der Waals surface area contributed by atoms with Crippen LogP contribution < -0.4 is 0 Å². The van der Waals surface area contributed by atoms with Crippen LogP contribution in [-0.2, 0) is 21.1 Å². The highest BCUT2D eigenvalue weighted by molar-refractivity contribution is 8.67. The van der Waals surface area contributed by atoms with Crippen LogP contribution in [0.1, 0.15) is 52.9 Å². The molecule has 22 heavy (non-hydrogen) atoms. The average molecular weight is 369 g/mol. The van der Waals surface area contributed by atoms with Crippen molar-refractivity contribution in [2.75, 3.05) is 20.2 Å². The summed E-state index contributed by atoms with van der Waals surface area (Å²) in [5.41, 5.74) is -3.34. The van der Waals surface area contributed by atoms with Crippen LogP contribution in [0.4, 0.5) is 4.79 Å². The summed E-state index contributed by atoms with van der Waals surface area (Å²) in [6.45, 7) is 6.04. The van der Waals surface area contributed by atoms with Gasteiger partial charge in [-0.15, -0.1) is 0 Å². The molecule has 0 bridgehead atoms. The van der Waals surface area contributed by atoms with Crippen molar-refractivity contribution < 1.29 is 18.9 Å². The van der Waals surface area contributed by atoms with Crippen LogP contribution in [0.5, 0.6) is 0 Å². The van der Waals surface area contributed by atoms with Crippen LogP contribution in [0.3, 0.4) is 0 Å². The summed E-state index contributed by atoms with van der Waals surface area (Å²) >= 11 is 6.62. The molecule has 0 aromatic rings. The van der Waals surface area contributed by atoms with E-state index < -0.39 is 17.4 Å². The smallest absolute Gasteiger partial charge is 0.410 e. The third-order valence-corrected chi connectivity index (χ3v) is 7.87. The van der Waals surface area contributed by atoms with Gasteiger partial charge < -0.3 is 19.1 Å². The Hall–Kier alpha value is 0.190. The summed E-state index contributed by atoms with van der Waals surface area (Å²) in [5.74, 6) is 0. The van der Waals surface area contributed by atoms with E-state index >= 15 is 0 Å². The zero-order valence-electron chi connectivity index (χ0n) is 13.9. The molecule has 1 amide bonds. The van der Waals surface area contributed by atoms with Crippen molar-refractivity contribution in [3.8, 4) is 0 Å². The van der Waals surface area contributed by atoms with Gasteiger partial charge in [0, 0.05) is 18.8 Å². The van der Waals surface area contributed by atoms with Gasteiger partial charge >= 0.3 is 6.09 Å². The third-order valence-electron chi connectivity index (χ3n) is 3.22. The van der Waals surface area contributed by atoms with Gasteiger partial charge in [-0.2, -0.15) is 0 Å². The molecule has 0 saturated heterocycles. The standard InChI is InChI=1S/C14H28NO4PS2/c1-14(2,3)19-13(16)15(4)10-11-18-20(17,21)22-12-8-6-5-7-9-12/h12H,5-11H2,1-4H3,(H,17,21). The third kappa shape index (κ3) is 8.73. The van der Waals surface area contributed by atoms with Crippen LogP contribution in [0.2, 0.25) is 0 Å². The molecule has 0 aromatic heterocycles. The highest BCUT2D eigenvalue weighted by atomic mass is 32.9. The van der Waals surface area contributed by atoms with E-state index in [1.54, 1.807) is 7.05 Å². The van der Waals surface area contributed by atoms with Crippen molar-refractivity contribution >= 4 is 35.0 Å². The molecule has 1 aliphatic rings. The van der Waals surface area contributed by atoms with Gasteiger partial charge in [0.2, 0.25) is 5.69 Å². The van der Waals surface area contributed by atoms with E-state index in [9.17, 15) is 9.69 Å². The van der Waals surface area contributed by atoms with Gasteiger partial charge in [-0.25, -0.2) is 4.79 Å².